The van der Waals surface area contributed by atoms with E-state index in [-0.39, 0.29) is 12.1 Å². The van der Waals surface area contributed by atoms with Crippen molar-refractivity contribution in [1.82, 2.24) is 10.2 Å². The van der Waals surface area contributed by atoms with Crippen LogP contribution < -0.4 is 5.32 Å². The second-order valence-electron chi connectivity index (χ2n) is 4.50. The number of nitrogens with one attached hydrogen (secondary N) is 1. The van der Waals surface area contributed by atoms with Gasteiger partial charge in [0.2, 0.25) is 0 Å². The Bertz CT molecular complexity index is 304. The summed E-state index contributed by atoms with van der Waals surface area (Å²) < 4.78 is 0. The van der Waals surface area contributed by atoms with Crippen molar-refractivity contribution in [3.63, 3.8) is 0 Å². The molecule has 2 atom stereocenters. The van der Waals surface area contributed by atoms with Crippen molar-refractivity contribution in [2.45, 2.75) is 32.2 Å². The summed E-state index contributed by atoms with van der Waals surface area (Å²) in [5.41, 5.74) is 0. The number of aliphatic carboxylic acids is 1. The number of carbonyl (C=O) groups is 2. The third-order valence-corrected chi connectivity index (χ3v) is 2.95. The van der Waals surface area contributed by atoms with Crippen molar-refractivity contribution >= 4 is 12.0 Å². The second kappa shape index (κ2) is 6.27. The summed E-state index contributed by atoms with van der Waals surface area (Å²) in [7, 11) is 0. The fourth-order valence-corrected chi connectivity index (χ4v) is 1.97. The summed E-state index contributed by atoms with van der Waals surface area (Å²) >= 11 is 0. The van der Waals surface area contributed by atoms with E-state index in [2.05, 4.69) is 11.9 Å². The first kappa shape index (κ1) is 13.5. The molecule has 5 heteroatoms. The van der Waals surface area contributed by atoms with E-state index in [9.17, 15) is 9.59 Å². The standard InChI is InChI=1S/C12H20N2O3/c1-3-5-9(2)13-12(17)14-7-4-6-10(8-14)11(15)16/h3,9-10H,1,4-8H2,2H3,(H,13,17)(H,15,16)/t9?,10-/m0/s1. The van der Waals surface area contributed by atoms with Gasteiger partial charge in [0, 0.05) is 19.1 Å². The summed E-state index contributed by atoms with van der Waals surface area (Å²) in [6.07, 6.45) is 3.87. The van der Waals surface area contributed by atoms with Crippen LogP contribution in [0.4, 0.5) is 4.79 Å². The lowest BCUT2D eigenvalue weighted by Crippen LogP contribution is -2.49. The van der Waals surface area contributed by atoms with E-state index in [4.69, 9.17) is 5.11 Å². The van der Waals surface area contributed by atoms with Crippen molar-refractivity contribution in [2.24, 2.45) is 5.92 Å². The van der Waals surface area contributed by atoms with Crippen LogP contribution in [0, 0.1) is 5.92 Å². The van der Waals surface area contributed by atoms with Gasteiger partial charge in [0.25, 0.3) is 0 Å². The molecule has 0 radical (unpaired) electrons. The molecule has 1 aliphatic heterocycles. The molecule has 1 fully saturated rings. The van der Waals surface area contributed by atoms with Crippen molar-refractivity contribution in [3.8, 4) is 0 Å². The van der Waals surface area contributed by atoms with Crippen LogP contribution in [0.5, 0.6) is 0 Å². The average Bonchev–Trinajstić information content (AvgIpc) is 2.29. The molecule has 0 bridgehead atoms. The van der Waals surface area contributed by atoms with Gasteiger partial charge in [-0.05, 0) is 26.2 Å². The van der Waals surface area contributed by atoms with E-state index < -0.39 is 11.9 Å². The number of hydrogen-bond acceptors (Lipinski definition) is 2. The normalized spacial score (nSPS) is 21.7. The van der Waals surface area contributed by atoms with Gasteiger partial charge in [0.05, 0.1) is 5.92 Å². The number of carboxylic acids is 1. The molecule has 0 aromatic heterocycles. The first-order valence-corrected chi connectivity index (χ1v) is 5.93. The third kappa shape index (κ3) is 4.09. The molecule has 0 aromatic carbocycles. The summed E-state index contributed by atoms with van der Waals surface area (Å²) in [5, 5.41) is 11.8. The molecule has 0 aliphatic carbocycles. The molecule has 1 rings (SSSR count). The number of hydrogen-bond donors (Lipinski definition) is 2. The van der Waals surface area contributed by atoms with E-state index in [0.29, 0.717) is 25.9 Å². The highest BCUT2D eigenvalue weighted by Crippen LogP contribution is 2.16. The molecule has 0 aromatic rings. The van der Waals surface area contributed by atoms with E-state index in [1.54, 1.807) is 11.0 Å². The molecule has 96 valence electrons. The van der Waals surface area contributed by atoms with Crippen LogP contribution in [-0.2, 0) is 4.79 Å². The minimum absolute atomic E-state index is 0.0326. The van der Waals surface area contributed by atoms with E-state index in [0.717, 1.165) is 6.42 Å². The number of piperidine rings is 1. The fourth-order valence-electron chi connectivity index (χ4n) is 1.97. The van der Waals surface area contributed by atoms with E-state index >= 15 is 0 Å². The molecule has 1 heterocycles. The maximum atomic E-state index is 11.8. The Kier molecular flexibility index (Phi) is 5.00. The molecule has 5 nitrogen and oxygen atoms in total. The molecule has 17 heavy (non-hydrogen) atoms. The third-order valence-electron chi connectivity index (χ3n) is 2.95. The Labute approximate surface area is 101 Å². The molecule has 2 N–H and O–H groups in total. The van der Waals surface area contributed by atoms with Gasteiger partial charge in [-0.1, -0.05) is 6.08 Å². The summed E-state index contributed by atoms with van der Waals surface area (Å²) in [5.74, 6) is -1.24. The number of urea groups is 1. The molecule has 0 spiro atoms. The smallest absolute Gasteiger partial charge is 0.317 e. The maximum Gasteiger partial charge on any atom is 0.317 e. The van der Waals surface area contributed by atoms with Gasteiger partial charge in [-0.25, -0.2) is 4.79 Å². The highest BCUT2D eigenvalue weighted by atomic mass is 16.4. The van der Waals surface area contributed by atoms with Crippen LogP contribution in [0.15, 0.2) is 12.7 Å². The number of rotatable bonds is 4. The van der Waals surface area contributed by atoms with Gasteiger partial charge in [-0.3, -0.25) is 4.79 Å². The zero-order chi connectivity index (χ0) is 12.8. The summed E-state index contributed by atoms with van der Waals surface area (Å²) in [6.45, 7) is 6.46. The van der Waals surface area contributed by atoms with Crippen LogP contribution in [0.2, 0.25) is 0 Å². The van der Waals surface area contributed by atoms with E-state index in [1.165, 1.54) is 0 Å². The fraction of sp³-hybridized carbons (Fsp3) is 0.667. The quantitative estimate of drug-likeness (QED) is 0.731. The number of nitrogens with zero attached hydrogens (tertiary/aromatic N) is 1. The average molecular weight is 240 g/mol. The SMILES string of the molecule is C=CCC(C)NC(=O)N1CCC[C@H](C(=O)O)C1. The molecule has 0 saturated carbocycles. The van der Waals surface area contributed by atoms with Gasteiger partial charge in [0.15, 0.2) is 0 Å². The van der Waals surface area contributed by atoms with Gasteiger partial charge < -0.3 is 15.3 Å². The van der Waals surface area contributed by atoms with Gasteiger partial charge >= 0.3 is 12.0 Å². The minimum atomic E-state index is -0.818. The zero-order valence-electron chi connectivity index (χ0n) is 10.2. The van der Waals surface area contributed by atoms with Gasteiger partial charge in [-0.15, -0.1) is 6.58 Å². The van der Waals surface area contributed by atoms with Crippen LogP contribution in [0.1, 0.15) is 26.2 Å². The Morgan fingerprint density at radius 3 is 2.94 bits per heavy atom. The largest absolute Gasteiger partial charge is 0.481 e. The van der Waals surface area contributed by atoms with Crippen LogP contribution in [0.3, 0.4) is 0 Å². The van der Waals surface area contributed by atoms with Gasteiger partial charge in [-0.2, -0.15) is 0 Å². The Balaban J connectivity index is 2.46. The molecule has 2 amide bonds. The zero-order valence-corrected chi connectivity index (χ0v) is 10.2. The monoisotopic (exact) mass is 240 g/mol. The second-order valence-corrected chi connectivity index (χ2v) is 4.50. The van der Waals surface area contributed by atoms with Crippen molar-refractivity contribution in [2.75, 3.05) is 13.1 Å². The molecule has 1 saturated heterocycles. The predicted molar refractivity (Wildman–Crippen MR) is 64.7 cm³/mol. The molecule has 1 aliphatic rings. The van der Waals surface area contributed by atoms with E-state index in [1.807, 2.05) is 6.92 Å². The number of carbonyl (C=O) groups excluding carboxylic acids is 1. The first-order chi connectivity index (χ1) is 8.04. The lowest BCUT2D eigenvalue weighted by molar-refractivity contribution is -0.143. The van der Waals surface area contributed by atoms with Crippen LogP contribution in [-0.4, -0.2) is 41.1 Å². The summed E-state index contributed by atoms with van der Waals surface area (Å²) in [4.78, 5) is 24.3. The Morgan fingerprint density at radius 2 is 2.35 bits per heavy atom. The highest BCUT2D eigenvalue weighted by Gasteiger charge is 2.28. The maximum absolute atomic E-state index is 11.8. The summed E-state index contributed by atoms with van der Waals surface area (Å²) in [6, 6.07) is -0.143. The van der Waals surface area contributed by atoms with Crippen LogP contribution >= 0.6 is 0 Å². The lowest BCUT2D eigenvalue weighted by atomic mass is 9.99. The van der Waals surface area contributed by atoms with Crippen LogP contribution in [0.25, 0.3) is 0 Å². The first-order valence-electron chi connectivity index (χ1n) is 5.93. The topological polar surface area (TPSA) is 69.6 Å². The minimum Gasteiger partial charge on any atom is -0.481 e. The Morgan fingerprint density at radius 1 is 1.65 bits per heavy atom. The Hall–Kier alpha value is -1.52. The predicted octanol–water partition coefficient (Wildman–Crippen LogP) is 1.46. The van der Waals surface area contributed by atoms with Gasteiger partial charge in [0.1, 0.15) is 0 Å². The number of carboxylic acid groups (broad SMARTS) is 1. The molecular weight excluding hydrogens is 220 g/mol. The van der Waals surface area contributed by atoms with Crippen molar-refractivity contribution in [1.29, 1.82) is 0 Å². The molecular formula is C12H20N2O3. The lowest BCUT2D eigenvalue weighted by Gasteiger charge is -2.31. The number of likely N-dealkylation sites (tertiary alicyclic amines) is 1. The highest BCUT2D eigenvalue weighted by molar-refractivity contribution is 5.76. The molecule has 1 unspecified atom stereocenters. The van der Waals surface area contributed by atoms with Crippen molar-refractivity contribution in [3.05, 3.63) is 12.7 Å². The number of amides is 2. The van der Waals surface area contributed by atoms with Crippen molar-refractivity contribution < 1.29 is 14.7 Å².